The Labute approximate surface area is 64.2 Å². The number of quaternary nitrogens is 1. The van der Waals surface area contributed by atoms with Crippen molar-refractivity contribution in [3.8, 4) is 0 Å². The largest absolute Gasteiger partial charge is 0.724 e. The van der Waals surface area contributed by atoms with Crippen LogP contribution in [-0.4, -0.2) is 24.4 Å². The van der Waals surface area contributed by atoms with Crippen LogP contribution in [0.15, 0.2) is 5.29 Å². The van der Waals surface area contributed by atoms with Gasteiger partial charge in [-0.15, -0.1) is 4.91 Å². The molecule has 0 spiro atoms. The summed E-state index contributed by atoms with van der Waals surface area (Å²) in [4.78, 5) is 9.53. The third kappa shape index (κ3) is 5.67. The molecule has 0 amide bonds. The molecule has 11 heavy (non-hydrogen) atoms. The van der Waals surface area contributed by atoms with E-state index in [1.54, 1.807) is 0 Å². The minimum absolute atomic E-state index is 0.0261. The van der Waals surface area contributed by atoms with Crippen molar-refractivity contribution in [1.82, 2.24) is 10.7 Å². The number of nitrogens with one attached hydrogen (secondary N) is 1. The Hall–Kier alpha value is -0.760. The van der Waals surface area contributed by atoms with Crippen LogP contribution >= 0.6 is 0 Å². The van der Waals surface area contributed by atoms with E-state index in [2.05, 4.69) is 16.4 Å². The maximum absolute atomic E-state index is 10.2. The van der Waals surface area contributed by atoms with Crippen molar-refractivity contribution in [2.24, 2.45) is 11.0 Å². The summed E-state index contributed by atoms with van der Waals surface area (Å²) in [5, 5.41) is 12.1. The highest BCUT2D eigenvalue weighted by molar-refractivity contribution is 4.56. The summed E-state index contributed by atoms with van der Waals surface area (Å²) < 4.78 is 0. The molecule has 1 atom stereocenters. The van der Waals surface area contributed by atoms with Crippen LogP contribution < -0.4 is 16.9 Å². The van der Waals surface area contributed by atoms with E-state index in [4.69, 9.17) is 5.73 Å². The Kier molecular flexibility index (Phi) is 5.57. The van der Waals surface area contributed by atoms with Gasteiger partial charge in [0.25, 0.3) is 0 Å². The van der Waals surface area contributed by atoms with E-state index >= 15 is 0 Å². The summed E-state index contributed by atoms with van der Waals surface area (Å²) in [6.07, 6.45) is 0.708. The smallest absolute Gasteiger partial charge is 0.100 e. The SMILES string of the molecule is NCCC([NH3+])CNN([O-])N=O. The number of hydrogen-bond donors (Lipinski definition) is 3. The summed E-state index contributed by atoms with van der Waals surface area (Å²) in [7, 11) is 0. The van der Waals surface area contributed by atoms with E-state index in [1.165, 1.54) is 0 Å². The van der Waals surface area contributed by atoms with Crippen molar-refractivity contribution in [3.63, 3.8) is 0 Å². The van der Waals surface area contributed by atoms with Gasteiger partial charge in [-0.05, 0) is 6.54 Å². The molecular formula is C4H13N5O2. The predicted octanol–water partition coefficient (Wildman–Crippen LogP) is -2.07. The molecule has 0 fully saturated rings. The molecule has 0 aromatic heterocycles. The monoisotopic (exact) mass is 163 g/mol. The maximum atomic E-state index is 10.2. The van der Waals surface area contributed by atoms with Crippen LogP contribution in [0.25, 0.3) is 0 Å². The van der Waals surface area contributed by atoms with Gasteiger partial charge in [0.1, 0.15) is 6.04 Å². The number of nitrogens with two attached hydrogens (primary N) is 1. The van der Waals surface area contributed by atoms with E-state index in [1.807, 2.05) is 0 Å². The zero-order chi connectivity index (χ0) is 8.69. The molecule has 6 N–H and O–H groups in total. The first-order valence-corrected chi connectivity index (χ1v) is 3.28. The third-order valence-corrected chi connectivity index (χ3v) is 1.16. The Bertz CT molecular complexity index is 111. The number of hydrogen-bond acceptors (Lipinski definition) is 5. The van der Waals surface area contributed by atoms with Crippen LogP contribution in [0.2, 0.25) is 0 Å². The lowest BCUT2D eigenvalue weighted by molar-refractivity contribution is -0.419. The first-order valence-electron chi connectivity index (χ1n) is 3.28. The molecule has 0 aliphatic heterocycles. The molecule has 0 aromatic carbocycles. The van der Waals surface area contributed by atoms with Gasteiger partial charge in [0.15, 0.2) is 0 Å². The van der Waals surface area contributed by atoms with Gasteiger partial charge in [-0.1, -0.05) is 0 Å². The standard InChI is InChI=1S/C4H12N5O2/c5-2-1-4(6)3-7-9(11)8-10/h4,7H,1-3,5-6H2/q-1/p+1. The quantitative estimate of drug-likeness (QED) is 0.307. The molecule has 0 rings (SSSR count). The number of rotatable bonds is 6. The summed E-state index contributed by atoms with van der Waals surface area (Å²) in [5.74, 6) is 0. The summed E-state index contributed by atoms with van der Waals surface area (Å²) in [5.41, 5.74) is 11.1. The topological polar surface area (TPSA) is 121 Å². The van der Waals surface area contributed by atoms with Crippen molar-refractivity contribution in [3.05, 3.63) is 10.1 Å². The highest BCUT2D eigenvalue weighted by atomic mass is 16.6. The molecule has 0 saturated carbocycles. The zero-order valence-electron chi connectivity index (χ0n) is 6.19. The second-order valence-electron chi connectivity index (χ2n) is 2.16. The molecule has 0 aromatic rings. The van der Waals surface area contributed by atoms with Crippen LogP contribution in [-0.2, 0) is 0 Å². The van der Waals surface area contributed by atoms with Gasteiger partial charge in [-0.2, -0.15) is 0 Å². The molecule has 0 bridgehead atoms. The van der Waals surface area contributed by atoms with Crippen molar-refractivity contribution in [2.75, 3.05) is 13.1 Å². The van der Waals surface area contributed by atoms with Gasteiger partial charge in [-0.25, -0.2) is 5.43 Å². The zero-order valence-corrected chi connectivity index (χ0v) is 6.19. The first-order chi connectivity index (χ1) is 5.20. The van der Waals surface area contributed by atoms with E-state index in [9.17, 15) is 10.1 Å². The lowest BCUT2D eigenvalue weighted by atomic mass is 10.2. The van der Waals surface area contributed by atoms with E-state index in [0.29, 0.717) is 19.5 Å². The minimum Gasteiger partial charge on any atom is -0.724 e. The fourth-order valence-electron chi connectivity index (χ4n) is 0.574. The lowest BCUT2D eigenvalue weighted by Crippen LogP contribution is -2.65. The van der Waals surface area contributed by atoms with Crippen LogP contribution in [0.4, 0.5) is 0 Å². The third-order valence-electron chi connectivity index (χ3n) is 1.16. The Morgan fingerprint density at radius 2 is 2.45 bits per heavy atom. The molecule has 0 heterocycles. The van der Waals surface area contributed by atoms with E-state index in [-0.39, 0.29) is 11.3 Å². The van der Waals surface area contributed by atoms with Gasteiger partial charge in [0.2, 0.25) is 0 Å². The highest BCUT2D eigenvalue weighted by Crippen LogP contribution is 1.81. The molecule has 0 saturated heterocycles. The Morgan fingerprint density at radius 3 is 2.91 bits per heavy atom. The van der Waals surface area contributed by atoms with Gasteiger partial charge in [0.05, 0.1) is 11.8 Å². The van der Waals surface area contributed by atoms with Gasteiger partial charge >= 0.3 is 0 Å². The lowest BCUT2D eigenvalue weighted by Gasteiger charge is -2.21. The average Bonchev–Trinajstić information content (AvgIpc) is 2.01. The van der Waals surface area contributed by atoms with Crippen LogP contribution in [0.5, 0.6) is 0 Å². The number of nitroso groups, excluding NO2 is 1. The normalized spacial score (nSPS) is 12.6. The number of hydrazine groups is 1. The molecule has 66 valence electrons. The second kappa shape index (κ2) is 5.98. The second-order valence-corrected chi connectivity index (χ2v) is 2.16. The van der Waals surface area contributed by atoms with Crippen molar-refractivity contribution < 1.29 is 5.73 Å². The van der Waals surface area contributed by atoms with Crippen LogP contribution in [0, 0.1) is 10.1 Å². The molecule has 1 unspecified atom stereocenters. The van der Waals surface area contributed by atoms with Gasteiger partial charge in [0, 0.05) is 6.42 Å². The van der Waals surface area contributed by atoms with Gasteiger partial charge < -0.3 is 16.7 Å². The van der Waals surface area contributed by atoms with Gasteiger partial charge in [-0.3, -0.25) is 5.28 Å². The summed E-state index contributed by atoms with van der Waals surface area (Å²) in [6.45, 7) is 0.829. The molecule has 7 heteroatoms. The fraction of sp³-hybridized carbons (Fsp3) is 1.00. The molecule has 0 aliphatic rings. The first kappa shape index (κ1) is 10.2. The highest BCUT2D eigenvalue weighted by Gasteiger charge is 2.03. The van der Waals surface area contributed by atoms with Crippen LogP contribution in [0.3, 0.4) is 0 Å². The van der Waals surface area contributed by atoms with E-state index in [0.717, 1.165) is 0 Å². The fourth-order valence-corrected chi connectivity index (χ4v) is 0.574. The number of nitrogens with zero attached hydrogens (tertiary/aromatic N) is 2. The van der Waals surface area contributed by atoms with Crippen molar-refractivity contribution >= 4 is 0 Å². The minimum atomic E-state index is -0.130. The predicted molar refractivity (Wildman–Crippen MR) is 39.4 cm³/mol. The molecular weight excluding hydrogens is 150 g/mol. The summed E-state index contributed by atoms with van der Waals surface area (Å²) in [6, 6.07) is 0.0261. The van der Waals surface area contributed by atoms with Crippen molar-refractivity contribution in [1.29, 1.82) is 0 Å². The molecule has 7 nitrogen and oxygen atoms in total. The summed E-state index contributed by atoms with van der Waals surface area (Å²) >= 11 is 0. The molecule has 0 radical (unpaired) electrons. The Morgan fingerprint density at radius 1 is 1.82 bits per heavy atom. The van der Waals surface area contributed by atoms with Crippen LogP contribution in [0.1, 0.15) is 6.42 Å². The molecule has 0 aliphatic carbocycles. The van der Waals surface area contributed by atoms with Crippen molar-refractivity contribution in [2.45, 2.75) is 12.5 Å². The average molecular weight is 163 g/mol. The maximum Gasteiger partial charge on any atom is 0.100 e. The Balaban J connectivity index is 3.29. The van der Waals surface area contributed by atoms with E-state index < -0.39 is 0 Å².